The molecule has 0 unspecified atom stereocenters. The van der Waals surface area contributed by atoms with Crippen molar-refractivity contribution in [1.82, 2.24) is 5.43 Å². The van der Waals surface area contributed by atoms with Crippen LogP contribution in [-0.2, 0) is 10.1 Å². The van der Waals surface area contributed by atoms with Gasteiger partial charge in [0.05, 0.1) is 13.3 Å². The molecule has 0 aliphatic carbocycles. The van der Waals surface area contributed by atoms with E-state index in [4.69, 9.17) is 25.3 Å². The SMILES string of the molecule is C=CCOc1ccc(C(=O)N/N=C/c2ccc(OS(=O)(=O)c3ccc(Cl)cc3)cc2)cc1OC. The Morgan fingerprint density at radius 2 is 1.76 bits per heavy atom. The second-order valence-corrected chi connectivity index (χ2v) is 8.71. The van der Waals surface area contributed by atoms with Gasteiger partial charge in [-0.3, -0.25) is 4.79 Å². The molecule has 0 aliphatic heterocycles. The van der Waals surface area contributed by atoms with Crippen LogP contribution in [0.4, 0.5) is 0 Å². The van der Waals surface area contributed by atoms with Gasteiger partial charge in [-0.15, -0.1) is 0 Å². The molecule has 1 amide bonds. The Balaban J connectivity index is 1.60. The molecule has 0 bridgehead atoms. The van der Waals surface area contributed by atoms with E-state index in [-0.39, 0.29) is 10.6 Å². The van der Waals surface area contributed by atoms with E-state index >= 15 is 0 Å². The Labute approximate surface area is 202 Å². The lowest BCUT2D eigenvalue weighted by Gasteiger charge is -2.10. The molecule has 0 saturated carbocycles. The van der Waals surface area contributed by atoms with Crippen molar-refractivity contribution in [3.63, 3.8) is 0 Å². The van der Waals surface area contributed by atoms with Crippen molar-refractivity contribution >= 4 is 33.8 Å². The second-order valence-electron chi connectivity index (χ2n) is 6.72. The first-order chi connectivity index (χ1) is 16.3. The van der Waals surface area contributed by atoms with E-state index in [1.165, 1.54) is 55.8 Å². The molecule has 1 N–H and O–H groups in total. The number of hydrazone groups is 1. The number of ether oxygens (including phenoxy) is 2. The third-order valence-electron chi connectivity index (χ3n) is 4.35. The first-order valence-electron chi connectivity index (χ1n) is 9.87. The molecule has 0 aliphatic rings. The van der Waals surface area contributed by atoms with Gasteiger partial charge in [0, 0.05) is 10.6 Å². The minimum absolute atomic E-state index is 0.0119. The van der Waals surface area contributed by atoms with Crippen LogP contribution < -0.4 is 19.1 Å². The number of nitrogens with one attached hydrogen (secondary N) is 1. The lowest BCUT2D eigenvalue weighted by Crippen LogP contribution is -2.17. The molecule has 3 aromatic carbocycles. The second kappa shape index (κ2) is 11.4. The molecular weight excluding hydrogens is 480 g/mol. The van der Waals surface area contributed by atoms with E-state index in [0.29, 0.717) is 34.3 Å². The van der Waals surface area contributed by atoms with Crippen molar-refractivity contribution in [3.8, 4) is 17.2 Å². The van der Waals surface area contributed by atoms with Gasteiger partial charge in [-0.2, -0.15) is 13.5 Å². The molecule has 0 atom stereocenters. The van der Waals surface area contributed by atoms with E-state index < -0.39 is 16.0 Å². The maximum atomic E-state index is 12.4. The van der Waals surface area contributed by atoms with Crippen LogP contribution in [0.15, 0.2) is 89.4 Å². The Morgan fingerprint density at radius 3 is 2.41 bits per heavy atom. The quantitative estimate of drug-likeness (QED) is 0.191. The fraction of sp³-hybridized carbons (Fsp3) is 0.0833. The lowest BCUT2D eigenvalue weighted by atomic mass is 10.2. The molecule has 0 aromatic heterocycles. The fourth-order valence-corrected chi connectivity index (χ4v) is 3.75. The number of halogens is 1. The van der Waals surface area contributed by atoms with E-state index in [1.807, 2.05) is 0 Å². The number of amides is 1. The van der Waals surface area contributed by atoms with Crippen LogP contribution >= 0.6 is 11.6 Å². The summed E-state index contributed by atoms with van der Waals surface area (Å²) in [5.41, 5.74) is 3.36. The lowest BCUT2D eigenvalue weighted by molar-refractivity contribution is 0.0954. The summed E-state index contributed by atoms with van der Waals surface area (Å²) in [5.74, 6) is 0.575. The van der Waals surface area contributed by atoms with Gasteiger partial charge in [0.2, 0.25) is 0 Å². The van der Waals surface area contributed by atoms with Crippen LogP contribution in [0.25, 0.3) is 0 Å². The van der Waals surface area contributed by atoms with Crippen LogP contribution in [0.1, 0.15) is 15.9 Å². The first-order valence-corrected chi connectivity index (χ1v) is 11.7. The summed E-state index contributed by atoms with van der Waals surface area (Å²) in [5, 5.41) is 4.34. The summed E-state index contributed by atoms with van der Waals surface area (Å²) in [6, 6.07) is 16.5. The highest BCUT2D eigenvalue weighted by molar-refractivity contribution is 7.87. The van der Waals surface area contributed by atoms with E-state index in [9.17, 15) is 13.2 Å². The Hall–Kier alpha value is -3.82. The van der Waals surface area contributed by atoms with Gasteiger partial charge < -0.3 is 13.7 Å². The van der Waals surface area contributed by atoms with Crippen molar-refractivity contribution < 1.29 is 26.9 Å². The molecule has 8 nitrogen and oxygen atoms in total. The Morgan fingerprint density at radius 1 is 1.06 bits per heavy atom. The number of nitrogens with zero attached hydrogens (tertiary/aromatic N) is 1. The molecule has 3 rings (SSSR count). The standard InChI is InChI=1S/C24H21ClN2O6S/c1-3-14-32-22-13-6-18(15-23(22)31-2)24(28)27-26-16-17-4-9-20(10-5-17)33-34(29,30)21-11-7-19(25)8-12-21/h3-13,15-16H,1,14H2,2H3,(H,27,28)/b26-16+. The average molecular weight is 501 g/mol. The zero-order chi connectivity index (χ0) is 24.6. The van der Waals surface area contributed by atoms with Crippen LogP contribution in [0.2, 0.25) is 5.02 Å². The van der Waals surface area contributed by atoms with E-state index in [1.54, 1.807) is 30.3 Å². The van der Waals surface area contributed by atoms with Crippen molar-refractivity contribution in [3.05, 3.63) is 95.5 Å². The third-order valence-corrected chi connectivity index (χ3v) is 5.86. The van der Waals surface area contributed by atoms with Crippen LogP contribution in [0.3, 0.4) is 0 Å². The normalized spacial score (nSPS) is 11.1. The number of benzene rings is 3. The largest absolute Gasteiger partial charge is 0.493 e. The number of carbonyl (C=O) groups is 1. The minimum Gasteiger partial charge on any atom is -0.493 e. The highest BCUT2D eigenvalue weighted by atomic mass is 35.5. The number of hydrogen-bond donors (Lipinski definition) is 1. The molecule has 10 heteroatoms. The summed E-state index contributed by atoms with van der Waals surface area (Å²) in [4.78, 5) is 12.4. The molecule has 0 fully saturated rings. The van der Waals surface area contributed by atoms with Crippen molar-refractivity contribution in [2.75, 3.05) is 13.7 Å². The van der Waals surface area contributed by atoms with Gasteiger partial charge in [0.15, 0.2) is 11.5 Å². The van der Waals surface area contributed by atoms with E-state index in [0.717, 1.165) is 0 Å². The van der Waals surface area contributed by atoms with Crippen molar-refractivity contribution in [2.45, 2.75) is 4.90 Å². The van der Waals surface area contributed by atoms with Crippen molar-refractivity contribution in [2.24, 2.45) is 5.10 Å². The van der Waals surface area contributed by atoms with Gasteiger partial charge in [-0.1, -0.05) is 24.3 Å². The van der Waals surface area contributed by atoms with Crippen molar-refractivity contribution in [1.29, 1.82) is 0 Å². The van der Waals surface area contributed by atoms with Gasteiger partial charge in [0.25, 0.3) is 5.91 Å². The molecule has 176 valence electrons. The highest BCUT2D eigenvalue weighted by Gasteiger charge is 2.16. The predicted molar refractivity (Wildman–Crippen MR) is 129 cm³/mol. The molecule has 34 heavy (non-hydrogen) atoms. The maximum absolute atomic E-state index is 12.4. The van der Waals surface area contributed by atoms with Gasteiger partial charge in [-0.25, -0.2) is 5.43 Å². The maximum Gasteiger partial charge on any atom is 0.339 e. The summed E-state index contributed by atoms with van der Waals surface area (Å²) in [6.45, 7) is 3.90. The van der Waals surface area contributed by atoms with E-state index in [2.05, 4.69) is 17.1 Å². The summed E-state index contributed by atoms with van der Waals surface area (Å²) in [7, 11) is -2.51. The Bertz CT molecular complexity index is 1290. The van der Waals surface area contributed by atoms with Gasteiger partial charge in [0.1, 0.15) is 17.3 Å². The third kappa shape index (κ3) is 6.60. The van der Waals surface area contributed by atoms with Crippen LogP contribution in [0, 0.1) is 0 Å². The molecule has 0 radical (unpaired) electrons. The smallest absolute Gasteiger partial charge is 0.339 e. The molecule has 0 spiro atoms. The topological polar surface area (TPSA) is 103 Å². The number of rotatable bonds is 10. The summed E-state index contributed by atoms with van der Waals surface area (Å²) >= 11 is 5.78. The van der Waals surface area contributed by atoms with Gasteiger partial charge >= 0.3 is 10.1 Å². The zero-order valence-corrected chi connectivity index (χ0v) is 19.7. The first kappa shape index (κ1) is 24.8. The predicted octanol–water partition coefficient (Wildman–Crippen LogP) is 4.45. The molecule has 0 saturated heterocycles. The number of hydrogen-bond acceptors (Lipinski definition) is 7. The number of methoxy groups -OCH3 is 1. The highest BCUT2D eigenvalue weighted by Crippen LogP contribution is 2.28. The monoisotopic (exact) mass is 500 g/mol. The van der Waals surface area contributed by atoms with Crippen LogP contribution in [-0.4, -0.2) is 34.3 Å². The zero-order valence-electron chi connectivity index (χ0n) is 18.1. The minimum atomic E-state index is -3.99. The molecule has 0 heterocycles. The average Bonchev–Trinajstić information content (AvgIpc) is 2.83. The van der Waals surface area contributed by atoms with Gasteiger partial charge in [-0.05, 0) is 72.3 Å². The molecule has 3 aromatic rings. The Kier molecular flexibility index (Phi) is 8.29. The summed E-state index contributed by atoms with van der Waals surface area (Å²) < 4.78 is 40.5. The summed E-state index contributed by atoms with van der Waals surface area (Å²) in [6.07, 6.45) is 3.01. The fourth-order valence-electron chi connectivity index (χ4n) is 2.69. The van der Waals surface area contributed by atoms with Crippen LogP contribution in [0.5, 0.6) is 17.2 Å². The molecular formula is C24H21ClN2O6S. The number of carbonyl (C=O) groups excluding carboxylic acids is 1.